The van der Waals surface area contributed by atoms with Gasteiger partial charge in [0.1, 0.15) is 0 Å². The Kier molecular flexibility index (Phi) is 4.21. The van der Waals surface area contributed by atoms with Gasteiger partial charge in [-0.3, -0.25) is 9.59 Å². The second-order valence-corrected chi connectivity index (χ2v) is 4.16. The third-order valence-corrected chi connectivity index (χ3v) is 2.55. The SMILES string of the molecule is CC(=O)/C(=C/c1ccc(C)cc1C)CC(=O)O. The Bertz CT molecular complexity index is 484. The molecule has 1 aromatic carbocycles. The molecular weight excluding hydrogens is 216 g/mol. The number of Topliss-reactive ketones (excluding diaryl/α,β-unsaturated/α-hetero) is 1. The quantitative estimate of drug-likeness (QED) is 0.812. The van der Waals surface area contributed by atoms with Gasteiger partial charge >= 0.3 is 5.97 Å². The molecule has 0 heterocycles. The molecule has 0 radical (unpaired) electrons. The van der Waals surface area contributed by atoms with Gasteiger partial charge in [-0.1, -0.05) is 23.8 Å². The van der Waals surface area contributed by atoms with Crippen molar-refractivity contribution in [1.29, 1.82) is 0 Å². The van der Waals surface area contributed by atoms with Crippen molar-refractivity contribution in [2.45, 2.75) is 27.2 Å². The summed E-state index contributed by atoms with van der Waals surface area (Å²) in [4.78, 5) is 22.0. The highest BCUT2D eigenvalue weighted by Crippen LogP contribution is 2.16. The normalized spacial score (nSPS) is 11.4. The summed E-state index contributed by atoms with van der Waals surface area (Å²) in [5, 5.41) is 8.73. The maximum atomic E-state index is 11.3. The van der Waals surface area contributed by atoms with Gasteiger partial charge < -0.3 is 5.11 Å². The number of benzene rings is 1. The Morgan fingerprint density at radius 2 is 1.94 bits per heavy atom. The fraction of sp³-hybridized carbons (Fsp3) is 0.286. The van der Waals surface area contributed by atoms with Crippen LogP contribution in [0.3, 0.4) is 0 Å². The average Bonchev–Trinajstić information content (AvgIpc) is 2.19. The minimum Gasteiger partial charge on any atom is -0.481 e. The van der Waals surface area contributed by atoms with E-state index in [0.717, 1.165) is 16.7 Å². The first-order valence-corrected chi connectivity index (χ1v) is 5.40. The molecule has 0 saturated heterocycles. The summed E-state index contributed by atoms with van der Waals surface area (Å²) >= 11 is 0. The van der Waals surface area contributed by atoms with E-state index >= 15 is 0 Å². The van der Waals surface area contributed by atoms with Gasteiger partial charge in [-0.2, -0.15) is 0 Å². The van der Waals surface area contributed by atoms with Crippen LogP contribution in [0.2, 0.25) is 0 Å². The molecule has 0 saturated carbocycles. The molecule has 0 fully saturated rings. The molecule has 3 nitrogen and oxygen atoms in total. The predicted octanol–water partition coefficient (Wildman–Crippen LogP) is 2.75. The topological polar surface area (TPSA) is 54.4 Å². The zero-order valence-electron chi connectivity index (χ0n) is 10.3. The lowest BCUT2D eigenvalue weighted by atomic mass is 10.0. The minimum atomic E-state index is -0.990. The number of carboxylic acids is 1. The number of ketones is 1. The van der Waals surface area contributed by atoms with Crippen LogP contribution in [-0.2, 0) is 9.59 Å². The molecule has 0 amide bonds. The van der Waals surface area contributed by atoms with Crippen LogP contribution < -0.4 is 0 Å². The van der Waals surface area contributed by atoms with Crippen molar-refractivity contribution in [3.63, 3.8) is 0 Å². The van der Waals surface area contributed by atoms with Crippen LogP contribution in [-0.4, -0.2) is 16.9 Å². The summed E-state index contributed by atoms with van der Waals surface area (Å²) in [7, 11) is 0. The first kappa shape index (κ1) is 13.2. The Morgan fingerprint density at radius 3 is 2.41 bits per heavy atom. The van der Waals surface area contributed by atoms with E-state index in [-0.39, 0.29) is 12.2 Å². The van der Waals surface area contributed by atoms with Crippen LogP contribution in [0, 0.1) is 13.8 Å². The summed E-state index contributed by atoms with van der Waals surface area (Å²) in [6, 6.07) is 5.84. The van der Waals surface area contributed by atoms with Gasteiger partial charge in [0.05, 0.1) is 6.42 Å². The molecule has 1 rings (SSSR count). The number of aryl methyl sites for hydroxylation is 2. The van der Waals surface area contributed by atoms with Crippen LogP contribution in [0.15, 0.2) is 23.8 Å². The van der Waals surface area contributed by atoms with E-state index in [0.29, 0.717) is 5.57 Å². The van der Waals surface area contributed by atoms with Crippen LogP contribution >= 0.6 is 0 Å². The highest BCUT2D eigenvalue weighted by atomic mass is 16.4. The van der Waals surface area contributed by atoms with Gasteiger partial charge in [0.2, 0.25) is 0 Å². The summed E-state index contributed by atoms with van der Waals surface area (Å²) in [6.07, 6.45) is 1.42. The minimum absolute atomic E-state index is 0.202. The van der Waals surface area contributed by atoms with E-state index in [2.05, 4.69) is 0 Å². The molecule has 0 aliphatic rings. The Morgan fingerprint density at radius 1 is 1.29 bits per heavy atom. The first-order chi connectivity index (χ1) is 7.90. The zero-order chi connectivity index (χ0) is 13.0. The number of hydrogen-bond donors (Lipinski definition) is 1. The maximum Gasteiger partial charge on any atom is 0.307 e. The molecule has 90 valence electrons. The second kappa shape index (κ2) is 5.43. The van der Waals surface area contributed by atoms with Crippen LogP contribution in [0.5, 0.6) is 0 Å². The second-order valence-electron chi connectivity index (χ2n) is 4.16. The fourth-order valence-corrected chi connectivity index (χ4v) is 1.62. The fourth-order valence-electron chi connectivity index (χ4n) is 1.62. The highest BCUT2D eigenvalue weighted by molar-refractivity contribution is 6.01. The lowest BCUT2D eigenvalue weighted by molar-refractivity contribution is -0.136. The van der Waals surface area contributed by atoms with E-state index in [1.807, 2.05) is 32.0 Å². The van der Waals surface area contributed by atoms with Crippen molar-refractivity contribution < 1.29 is 14.7 Å². The molecule has 0 spiro atoms. The van der Waals surface area contributed by atoms with E-state index in [1.165, 1.54) is 6.92 Å². The van der Waals surface area contributed by atoms with Gasteiger partial charge in [0.15, 0.2) is 5.78 Å². The molecular formula is C14H16O3. The molecule has 0 aromatic heterocycles. The number of carbonyl (C=O) groups excluding carboxylic acids is 1. The molecule has 0 atom stereocenters. The molecule has 0 aliphatic carbocycles. The van der Waals surface area contributed by atoms with Crippen molar-refractivity contribution in [2.75, 3.05) is 0 Å². The molecule has 0 bridgehead atoms. The smallest absolute Gasteiger partial charge is 0.307 e. The van der Waals surface area contributed by atoms with Gasteiger partial charge in [-0.15, -0.1) is 0 Å². The Hall–Kier alpha value is -1.90. The average molecular weight is 232 g/mol. The summed E-state index contributed by atoms with van der Waals surface area (Å²) in [5.41, 5.74) is 3.39. The number of aliphatic carboxylic acids is 1. The van der Waals surface area contributed by atoms with Crippen molar-refractivity contribution in [3.05, 3.63) is 40.5 Å². The third-order valence-electron chi connectivity index (χ3n) is 2.55. The molecule has 3 heteroatoms. The van der Waals surface area contributed by atoms with E-state index in [4.69, 9.17) is 5.11 Å². The van der Waals surface area contributed by atoms with Crippen molar-refractivity contribution in [3.8, 4) is 0 Å². The van der Waals surface area contributed by atoms with E-state index in [9.17, 15) is 9.59 Å². The number of hydrogen-bond acceptors (Lipinski definition) is 2. The predicted molar refractivity (Wildman–Crippen MR) is 66.8 cm³/mol. The van der Waals surface area contributed by atoms with Crippen LogP contribution in [0.25, 0.3) is 6.08 Å². The van der Waals surface area contributed by atoms with Crippen LogP contribution in [0.4, 0.5) is 0 Å². The Labute approximate surface area is 101 Å². The van der Waals surface area contributed by atoms with Crippen molar-refractivity contribution in [1.82, 2.24) is 0 Å². The number of carboxylic acid groups (broad SMARTS) is 1. The largest absolute Gasteiger partial charge is 0.481 e. The molecule has 17 heavy (non-hydrogen) atoms. The monoisotopic (exact) mass is 232 g/mol. The lowest BCUT2D eigenvalue weighted by Crippen LogP contribution is -2.04. The molecule has 1 N–H and O–H groups in total. The highest BCUT2D eigenvalue weighted by Gasteiger charge is 2.09. The molecule has 0 aliphatic heterocycles. The van der Waals surface area contributed by atoms with Crippen LogP contribution in [0.1, 0.15) is 30.0 Å². The lowest BCUT2D eigenvalue weighted by Gasteiger charge is -2.05. The summed E-state index contributed by atoms with van der Waals surface area (Å²) < 4.78 is 0. The van der Waals surface area contributed by atoms with Gasteiger partial charge in [0.25, 0.3) is 0 Å². The molecule has 0 unspecified atom stereocenters. The zero-order valence-corrected chi connectivity index (χ0v) is 10.3. The first-order valence-electron chi connectivity index (χ1n) is 5.40. The van der Waals surface area contributed by atoms with Gasteiger partial charge in [-0.25, -0.2) is 0 Å². The Balaban J connectivity index is 3.12. The summed E-state index contributed by atoms with van der Waals surface area (Å²) in [6.45, 7) is 5.32. The van der Waals surface area contributed by atoms with E-state index < -0.39 is 5.97 Å². The molecule has 1 aromatic rings. The third kappa shape index (κ3) is 3.87. The van der Waals surface area contributed by atoms with Gasteiger partial charge in [-0.05, 0) is 38.0 Å². The van der Waals surface area contributed by atoms with E-state index in [1.54, 1.807) is 6.08 Å². The van der Waals surface area contributed by atoms with Crippen molar-refractivity contribution in [2.24, 2.45) is 0 Å². The maximum absolute atomic E-state index is 11.3. The van der Waals surface area contributed by atoms with Crippen molar-refractivity contribution >= 4 is 17.8 Å². The number of carbonyl (C=O) groups is 2. The van der Waals surface area contributed by atoms with Gasteiger partial charge in [0, 0.05) is 5.57 Å². The standard InChI is InChI=1S/C14H16O3/c1-9-4-5-12(10(2)6-9)7-13(11(3)15)8-14(16)17/h4-7H,8H2,1-3H3,(H,16,17)/b13-7+. The number of rotatable bonds is 4. The summed E-state index contributed by atoms with van der Waals surface area (Å²) in [5.74, 6) is -1.19.